The van der Waals surface area contributed by atoms with Crippen molar-refractivity contribution < 1.29 is 46.1 Å². The highest BCUT2D eigenvalue weighted by Gasteiger charge is 2.38. The van der Waals surface area contributed by atoms with E-state index in [1.165, 1.54) is 0 Å². The SMILES string of the molecule is COc1cc(C(C)(C)C)c(OP2Oc3ccccc3Oc3ccccc3O2)c(-c2c(C)c(OC)cc(C(C)(C)C)c2OP2Oc3ccccc3Oc3ccccc3O2)c1C. The number of benzene rings is 6. The van der Waals surface area contributed by atoms with Crippen LogP contribution in [-0.2, 0) is 10.8 Å². The van der Waals surface area contributed by atoms with Gasteiger partial charge in [-0.2, -0.15) is 0 Å². The molecule has 8 rings (SSSR count). The Labute approximate surface area is 354 Å². The molecule has 0 N–H and O–H groups in total. The van der Waals surface area contributed by atoms with Crippen molar-refractivity contribution in [2.45, 2.75) is 66.2 Å². The first-order valence-electron chi connectivity index (χ1n) is 19.6. The van der Waals surface area contributed by atoms with Crippen LogP contribution in [0.3, 0.4) is 0 Å². The molecule has 0 saturated carbocycles. The lowest BCUT2D eigenvalue weighted by Gasteiger charge is -2.33. The van der Waals surface area contributed by atoms with Gasteiger partial charge in [0.1, 0.15) is 23.0 Å². The summed E-state index contributed by atoms with van der Waals surface area (Å²) in [5.41, 5.74) is 3.77. The van der Waals surface area contributed by atoms with Crippen LogP contribution in [0.2, 0.25) is 0 Å². The average Bonchev–Trinajstić information content (AvgIpc) is 3.19. The Bertz CT molecular complexity index is 2290. The fourth-order valence-corrected chi connectivity index (χ4v) is 9.20. The maximum atomic E-state index is 7.20. The van der Waals surface area contributed by atoms with Crippen molar-refractivity contribution in [1.82, 2.24) is 0 Å². The molecule has 0 radical (unpaired) electrons. The topological polar surface area (TPSA) is 92.3 Å². The zero-order valence-corrected chi connectivity index (χ0v) is 37.2. The molecule has 0 fully saturated rings. The minimum absolute atomic E-state index is 0.466. The van der Waals surface area contributed by atoms with Gasteiger partial charge in [-0.05, 0) is 85.3 Å². The largest absolute Gasteiger partial charge is 0.530 e. The molecule has 12 heteroatoms. The van der Waals surface area contributed by atoms with E-state index in [9.17, 15) is 0 Å². The molecule has 0 bridgehead atoms. The van der Waals surface area contributed by atoms with E-state index in [0.717, 1.165) is 22.3 Å². The number of methoxy groups -OCH3 is 2. The van der Waals surface area contributed by atoms with E-state index in [1.807, 2.05) is 123 Å². The van der Waals surface area contributed by atoms with Crippen LogP contribution >= 0.6 is 17.2 Å². The quantitative estimate of drug-likeness (QED) is 0.145. The van der Waals surface area contributed by atoms with Crippen LogP contribution in [-0.4, -0.2) is 14.2 Å². The Morgan fingerprint density at radius 1 is 0.417 bits per heavy atom. The van der Waals surface area contributed by atoms with Gasteiger partial charge in [-0.15, -0.1) is 0 Å². The molecule has 0 spiro atoms. The third-order valence-corrected chi connectivity index (χ3v) is 12.2. The summed E-state index contributed by atoms with van der Waals surface area (Å²) in [5.74, 6) is 6.44. The molecule has 0 saturated heterocycles. The number of fused-ring (bicyclic) bond motifs is 4. The summed E-state index contributed by atoms with van der Waals surface area (Å²) < 4.78 is 65.7. The van der Waals surface area contributed by atoms with Crippen LogP contribution < -0.4 is 46.1 Å². The molecular formula is C48H48O10P2. The van der Waals surface area contributed by atoms with Gasteiger partial charge in [-0.3, -0.25) is 0 Å². The molecule has 0 amide bonds. The van der Waals surface area contributed by atoms with Crippen molar-refractivity contribution >= 4 is 17.2 Å². The summed E-state index contributed by atoms with van der Waals surface area (Å²) in [6.07, 6.45) is 0. The molecule has 310 valence electrons. The van der Waals surface area contributed by atoms with Gasteiger partial charge in [-0.1, -0.05) is 90.1 Å². The second-order valence-electron chi connectivity index (χ2n) is 16.4. The van der Waals surface area contributed by atoms with Crippen molar-refractivity contribution in [3.05, 3.63) is 131 Å². The molecular weight excluding hydrogens is 798 g/mol. The molecule has 2 heterocycles. The Morgan fingerprint density at radius 2 is 0.683 bits per heavy atom. The van der Waals surface area contributed by atoms with E-state index < -0.39 is 28.0 Å². The predicted molar refractivity (Wildman–Crippen MR) is 235 cm³/mol. The van der Waals surface area contributed by atoms with Crippen molar-refractivity contribution in [3.8, 4) is 80.1 Å². The molecule has 60 heavy (non-hydrogen) atoms. The van der Waals surface area contributed by atoms with Gasteiger partial charge < -0.3 is 46.1 Å². The number of hydrogen-bond acceptors (Lipinski definition) is 10. The van der Waals surface area contributed by atoms with Gasteiger partial charge in [0.05, 0.1) is 14.2 Å². The summed E-state index contributed by atoms with van der Waals surface area (Å²) in [6.45, 7) is 16.8. The van der Waals surface area contributed by atoms with E-state index in [1.54, 1.807) is 14.2 Å². The van der Waals surface area contributed by atoms with Crippen molar-refractivity contribution in [2.75, 3.05) is 14.2 Å². The highest BCUT2D eigenvalue weighted by atomic mass is 31.2. The smallest absolute Gasteiger partial charge is 0.496 e. The molecule has 2 aliphatic heterocycles. The molecule has 6 aromatic rings. The van der Waals surface area contributed by atoms with Gasteiger partial charge in [0, 0.05) is 33.4 Å². The third-order valence-electron chi connectivity index (χ3n) is 10.1. The van der Waals surface area contributed by atoms with E-state index >= 15 is 0 Å². The zero-order chi connectivity index (χ0) is 42.3. The number of hydrogen-bond donors (Lipinski definition) is 0. The third kappa shape index (κ3) is 8.07. The molecule has 6 aromatic carbocycles. The van der Waals surface area contributed by atoms with Gasteiger partial charge in [-0.25, -0.2) is 0 Å². The molecule has 0 atom stereocenters. The Morgan fingerprint density at radius 3 is 0.933 bits per heavy atom. The van der Waals surface area contributed by atoms with Crippen LogP contribution in [0.15, 0.2) is 109 Å². The second-order valence-corrected chi connectivity index (χ2v) is 18.4. The maximum absolute atomic E-state index is 7.20. The van der Waals surface area contributed by atoms with Crippen molar-refractivity contribution in [1.29, 1.82) is 0 Å². The fourth-order valence-electron chi connectivity index (χ4n) is 7.05. The van der Waals surface area contributed by atoms with E-state index in [-0.39, 0.29) is 0 Å². The molecule has 0 aliphatic carbocycles. The van der Waals surface area contributed by atoms with Crippen LogP contribution in [0.1, 0.15) is 63.8 Å². The normalized spacial score (nSPS) is 13.8. The Kier molecular flexibility index (Phi) is 11.1. The van der Waals surface area contributed by atoms with Gasteiger partial charge in [0.25, 0.3) is 0 Å². The first-order valence-corrected chi connectivity index (χ1v) is 21.8. The first-order chi connectivity index (χ1) is 28.7. The summed E-state index contributed by atoms with van der Waals surface area (Å²) in [6, 6.07) is 33.9. The lowest BCUT2D eigenvalue weighted by Crippen LogP contribution is -2.18. The minimum atomic E-state index is -2.15. The molecule has 2 aliphatic rings. The van der Waals surface area contributed by atoms with Crippen LogP contribution in [0.5, 0.6) is 69.0 Å². The summed E-state index contributed by atoms with van der Waals surface area (Å²) >= 11 is 0. The van der Waals surface area contributed by atoms with Gasteiger partial charge >= 0.3 is 17.2 Å². The zero-order valence-electron chi connectivity index (χ0n) is 35.4. The van der Waals surface area contributed by atoms with Gasteiger partial charge in [0.2, 0.25) is 0 Å². The number of para-hydroxylation sites is 8. The van der Waals surface area contributed by atoms with Crippen molar-refractivity contribution in [2.24, 2.45) is 0 Å². The highest BCUT2D eigenvalue weighted by Crippen LogP contribution is 2.60. The average molecular weight is 847 g/mol. The number of ether oxygens (including phenoxy) is 4. The number of rotatable bonds is 7. The first kappa shape index (κ1) is 40.9. The Hall–Kier alpha value is -5.82. The lowest BCUT2D eigenvalue weighted by atomic mass is 9.79. The lowest BCUT2D eigenvalue weighted by molar-refractivity contribution is 0.341. The monoisotopic (exact) mass is 846 g/mol. The summed E-state index contributed by atoms with van der Waals surface area (Å²) in [7, 11) is -0.967. The minimum Gasteiger partial charge on any atom is -0.496 e. The van der Waals surface area contributed by atoms with Crippen LogP contribution in [0, 0.1) is 13.8 Å². The Balaban J connectivity index is 1.38. The van der Waals surface area contributed by atoms with Crippen molar-refractivity contribution in [3.63, 3.8) is 0 Å². The molecule has 0 aromatic heterocycles. The highest BCUT2D eigenvalue weighted by molar-refractivity contribution is 7.43. The van der Waals surface area contributed by atoms with Gasteiger partial charge in [0.15, 0.2) is 46.0 Å². The standard InChI is InChI=1S/C48H48O10P2/c1-29-41(49-9)27-31(47(3,4)5)45(57-59-53-37-23-15-11-19-33(37)51-34-20-12-16-24-38(34)54-59)43(29)44-30(2)42(50-10)28-32(48(6,7)8)46(44)58-60-55-39-25-17-13-21-35(39)52-36-22-14-18-26-40(36)56-60/h11-28H,1-10H3. The van der Waals surface area contributed by atoms with Crippen LogP contribution in [0.25, 0.3) is 11.1 Å². The van der Waals surface area contributed by atoms with E-state index in [4.69, 9.17) is 46.1 Å². The molecule has 0 unspecified atom stereocenters. The predicted octanol–water partition coefficient (Wildman–Crippen LogP) is 14.3. The molecule has 10 nitrogen and oxygen atoms in total. The fraction of sp³-hybridized carbons (Fsp3) is 0.250. The summed E-state index contributed by atoms with van der Waals surface area (Å²) in [5, 5.41) is 0. The maximum Gasteiger partial charge on any atom is 0.530 e. The van der Waals surface area contributed by atoms with E-state index in [0.29, 0.717) is 80.1 Å². The second kappa shape index (κ2) is 16.3. The van der Waals surface area contributed by atoms with E-state index in [2.05, 4.69) is 41.5 Å². The van der Waals surface area contributed by atoms with Crippen LogP contribution in [0.4, 0.5) is 0 Å². The summed E-state index contributed by atoms with van der Waals surface area (Å²) in [4.78, 5) is 0.